The number of ether oxygens (including phenoxy) is 1. The van der Waals surface area contributed by atoms with Gasteiger partial charge in [-0.25, -0.2) is 0 Å². The van der Waals surface area contributed by atoms with Crippen molar-refractivity contribution in [2.75, 3.05) is 6.61 Å². The number of carbonyl (C=O) groups excluding carboxylic acids is 1. The minimum absolute atomic E-state index is 0.0212. The lowest BCUT2D eigenvalue weighted by molar-refractivity contribution is -0.130. The van der Waals surface area contributed by atoms with Crippen molar-refractivity contribution in [2.24, 2.45) is 0 Å². The normalized spacial score (nSPS) is 12.1. The summed E-state index contributed by atoms with van der Waals surface area (Å²) in [7, 11) is 0. The number of nitrogens with zero attached hydrogens (tertiary/aromatic N) is 1. The number of hydrogen-bond donors (Lipinski definition) is 0. The Kier molecular flexibility index (Phi) is 5.44. The van der Waals surface area contributed by atoms with Gasteiger partial charge in [-0.1, -0.05) is 30.3 Å². The molecular formula is C16H16BrNO2. The highest BCUT2D eigenvalue weighted by molar-refractivity contribution is 9.10. The summed E-state index contributed by atoms with van der Waals surface area (Å²) in [6, 6.07) is 13.3. The molecule has 0 aliphatic rings. The fourth-order valence-electron chi connectivity index (χ4n) is 1.95. The van der Waals surface area contributed by atoms with E-state index in [2.05, 4.69) is 20.9 Å². The second kappa shape index (κ2) is 7.31. The second-order valence-corrected chi connectivity index (χ2v) is 5.27. The van der Waals surface area contributed by atoms with Crippen LogP contribution in [-0.2, 0) is 16.0 Å². The summed E-state index contributed by atoms with van der Waals surface area (Å²) in [5, 5.41) is 0. The third kappa shape index (κ3) is 3.99. The molecule has 0 radical (unpaired) electrons. The maximum Gasteiger partial charge on any atom is 0.172 e. The Morgan fingerprint density at radius 1 is 1.25 bits per heavy atom. The van der Waals surface area contributed by atoms with Gasteiger partial charge in [-0.15, -0.1) is 0 Å². The highest BCUT2D eigenvalue weighted by atomic mass is 79.9. The Morgan fingerprint density at radius 2 is 2.00 bits per heavy atom. The van der Waals surface area contributed by atoms with Gasteiger partial charge in [-0.05, 0) is 40.5 Å². The van der Waals surface area contributed by atoms with E-state index in [1.54, 1.807) is 6.20 Å². The summed E-state index contributed by atoms with van der Waals surface area (Å²) in [6.45, 7) is 2.39. The first kappa shape index (κ1) is 14.9. The molecule has 0 amide bonds. The lowest BCUT2D eigenvalue weighted by atomic mass is 10.0. The molecule has 104 valence electrons. The average molecular weight is 334 g/mol. The van der Waals surface area contributed by atoms with Gasteiger partial charge in [0, 0.05) is 23.0 Å². The molecule has 0 N–H and O–H groups in total. The van der Waals surface area contributed by atoms with Crippen molar-refractivity contribution in [3.8, 4) is 0 Å². The topological polar surface area (TPSA) is 39.2 Å². The molecule has 2 aromatic rings. The number of ketones is 1. The Morgan fingerprint density at radius 3 is 2.60 bits per heavy atom. The molecule has 2 rings (SSSR count). The molecule has 0 spiro atoms. The number of carbonyl (C=O) groups is 1. The van der Waals surface area contributed by atoms with Crippen LogP contribution in [0.3, 0.4) is 0 Å². The Bertz CT molecular complexity index is 554. The van der Waals surface area contributed by atoms with E-state index in [0.29, 0.717) is 6.61 Å². The molecule has 1 atom stereocenters. The van der Waals surface area contributed by atoms with E-state index in [9.17, 15) is 4.79 Å². The maximum atomic E-state index is 12.4. The van der Waals surface area contributed by atoms with Gasteiger partial charge in [-0.3, -0.25) is 9.78 Å². The van der Waals surface area contributed by atoms with E-state index in [1.807, 2.05) is 49.4 Å². The Balaban J connectivity index is 2.13. The molecular weight excluding hydrogens is 318 g/mol. The van der Waals surface area contributed by atoms with Crippen LogP contribution in [0.25, 0.3) is 0 Å². The number of rotatable bonds is 6. The molecule has 1 heterocycles. The molecule has 0 fully saturated rings. The van der Waals surface area contributed by atoms with Crippen LogP contribution in [-0.4, -0.2) is 17.4 Å². The lowest BCUT2D eigenvalue weighted by Gasteiger charge is -2.16. The van der Waals surface area contributed by atoms with Crippen LogP contribution in [0.5, 0.6) is 0 Å². The van der Waals surface area contributed by atoms with Gasteiger partial charge in [0.05, 0.1) is 6.42 Å². The monoisotopic (exact) mass is 333 g/mol. The first-order valence-corrected chi connectivity index (χ1v) is 7.29. The van der Waals surface area contributed by atoms with Crippen molar-refractivity contribution in [2.45, 2.75) is 19.4 Å². The Hall–Kier alpha value is -1.52. The first-order valence-electron chi connectivity index (χ1n) is 6.50. The zero-order valence-corrected chi connectivity index (χ0v) is 12.8. The van der Waals surface area contributed by atoms with Crippen molar-refractivity contribution in [3.63, 3.8) is 0 Å². The number of aromatic nitrogens is 1. The first-order chi connectivity index (χ1) is 9.70. The van der Waals surface area contributed by atoms with Crippen LogP contribution in [0.15, 0.2) is 53.1 Å². The minimum atomic E-state index is -0.522. The van der Waals surface area contributed by atoms with Crippen LogP contribution in [0.1, 0.15) is 24.3 Å². The van der Waals surface area contributed by atoms with Gasteiger partial charge >= 0.3 is 0 Å². The quantitative estimate of drug-likeness (QED) is 0.808. The predicted molar refractivity (Wildman–Crippen MR) is 81.5 cm³/mol. The fraction of sp³-hybridized carbons (Fsp3) is 0.250. The predicted octanol–water partition coefficient (Wildman–Crippen LogP) is 3.73. The average Bonchev–Trinajstić information content (AvgIpc) is 2.48. The number of halogens is 1. The van der Waals surface area contributed by atoms with Crippen LogP contribution >= 0.6 is 15.9 Å². The molecule has 0 saturated heterocycles. The molecule has 3 nitrogen and oxygen atoms in total. The summed E-state index contributed by atoms with van der Waals surface area (Å²) < 4.78 is 6.50. The third-order valence-electron chi connectivity index (χ3n) is 2.87. The lowest BCUT2D eigenvalue weighted by Crippen LogP contribution is -2.18. The highest BCUT2D eigenvalue weighted by Gasteiger charge is 2.21. The maximum absolute atomic E-state index is 12.4. The SMILES string of the molecule is CCOC(C(=O)Cc1ccc(Br)cn1)c1ccccc1. The minimum Gasteiger partial charge on any atom is -0.366 e. The molecule has 0 bridgehead atoms. The summed E-state index contributed by atoms with van der Waals surface area (Å²) in [6.07, 6.45) is 1.44. The second-order valence-electron chi connectivity index (χ2n) is 4.36. The Labute approximate surface area is 127 Å². The molecule has 1 unspecified atom stereocenters. The molecule has 4 heteroatoms. The zero-order chi connectivity index (χ0) is 14.4. The van der Waals surface area contributed by atoms with Crippen molar-refractivity contribution in [3.05, 3.63) is 64.4 Å². The van der Waals surface area contributed by atoms with Crippen molar-refractivity contribution < 1.29 is 9.53 Å². The summed E-state index contributed by atoms with van der Waals surface area (Å²) in [4.78, 5) is 16.6. The van der Waals surface area contributed by atoms with Gasteiger partial charge in [0.25, 0.3) is 0 Å². The van der Waals surface area contributed by atoms with Crippen molar-refractivity contribution in [1.29, 1.82) is 0 Å². The zero-order valence-electron chi connectivity index (χ0n) is 11.3. The van der Waals surface area contributed by atoms with Gasteiger partial charge in [0.15, 0.2) is 5.78 Å². The smallest absolute Gasteiger partial charge is 0.172 e. The molecule has 1 aromatic carbocycles. The molecule has 0 aliphatic carbocycles. The van der Waals surface area contributed by atoms with Crippen LogP contribution in [0, 0.1) is 0 Å². The summed E-state index contributed by atoms with van der Waals surface area (Å²) in [5.41, 5.74) is 1.63. The largest absolute Gasteiger partial charge is 0.366 e. The van der Waals surface area contributed by atoms with Gasteiger partial charge in [-0.2, -0.15) is 0 Å². The molecule has 0 saturated carbocycles. The van der Waals surface area contributed by atoms with E-state index < -0.39 is 6.10 Å². The fourth-order valence-corrected chi connectivity index (χ4v) is 2.19. The van der Waals surface area contributed by atoms with Gasteiger partial charge in [0.1, 0.15) is 6.10 Å². The van der Waals surface area contributed by atoms with E-state index >= 15 is 0 Å². The van der Waals surface area contributed by atoms with Gasteiger partial charge < -0.3 is 4.74 Å². The van der Waals surface area contributed by atoms with E-state index in [-0.39, 0.29) is 12.2 Å². The van der Waals surface area contributed by atoms with Crippen LogP contribution in [0.2, 0.25) is 0 Å². The standard InChI is InChI=1S/C16H16BrNO2/c1-2-20-16(12-6-4-3-5-7-12)15(19)10-14-9-8-13(17)11-18-14/h3-9,11,16H,2,10H2,1H3. The molecule has 0 aliphatic heterocycles. The van der Waals surface area contributed by atoms with E-state index in [4.69, 9.17) is 4.74 Å². The summed E-state index contributed by atoms with van der Waals surface area (Å²) >= 11 is 3.33. The van der Waals surface area contributed by atoms with E-state index in [1.165, 1.54) is 0 Å². The number of Topliss-reactive ketones (excluding diaryl/α,β-unsaturated/α-hetero) is 1. The third-order valence-corrected chi connectivity index (χ3v) is 3.34. The highest BCUT2D eigenvalue weighted by Crippen LogP contribution is 2.20. The van der Waals surface area contributed by atoms with Crippen LogP contribution < -0.4 is 0 Å². The summed E-state index contributed by atoms with van der Waals surface area (Å²) in [5.74, 6) is 0.0212. The van der Waals surface area contributed by atoms with Gasteiger partial charge in [0.2, 0.25) is 0 Å². The molecule has 1 aromatic heterocycles. The van der Waals surface area contributed by atoms with Crippen molar-refractivity contribution in [1.82, 2.24) is 4.98 Å². The number of pyridine rings is 1. The number of hydrogen-bond acceptors (Lipinski definition) is 3. The van der Waals surface area contributed by atoms with Crippen LogP contribution in [0.4, 0.5) is 0 Å². The number of benzene rings is 1. The van der Waals surface area contributed by atoms with E-state index in [0.717, 1.165) is 15.7 Å². The van der Waals surface area contributed by atoms with Crippen molar-refractivity contribution >= 4 is 21.7 Å². The molecule has 20 heavy (non-hydrogen) atoms.